The number of rotatable bonds is 6. The standard InChI is InChI=1S/C27H21F2N7O4/c1-13-7-15-23(29)20(9-16(28)24(15)32-13)40-26-22(27(37)36-5-2-6-36)25(30-11-31-26)33-21-10-17(34-35-21)14-3-4-18-19(8-14)39-12-38-18/h3-4,7-11,32H,2,5-6,12H2,1H3,(H2,30,31,33,34,35). The van der Waals surface area contributed by atoms with Gasteiger partial charge in [-0.25, -0.2) is 18.7 Å². The van der Waals surface area contributed by atoms with Gasteiger partial charge in [-0.2, -0.15) is 5.10 Å². The first-order chi connectivity index (χ1) is 19.4. The Bertz CT molecular complexity index is 1800. The number of aromatic amines is 2. The molecule has 2 aliphatic heterocycles. The maximum absolute atomic E-state index is 15.3. The zero-order valence-corrected chi connectivity index (χ0v) is 21.0. The topological polar surface area (TPSA) is 130 Å². The molecule has 3 aromatic heterocycles. The van der Waals surface area contributed by atoms with Crippen molar-refractivity contribution in [3.05, 3.63) is 65.6 Å². The van der Waals surface area contributed by atoms with Crippen LogP contribution in [0.5, 0.6) is 23.1 Å². The van der Waals surface area contributed by atoms with Gasteiger partial charge in [0.05, 0.1) is 11.2 Å². The molecule has 0 aliphatic carbocycles. The molecule has 13 heteroatoms. The van der Waals surface area contributed by atoms with Crippen LogP contribution in [0.2, 0.25) is 0 Å². The molecular weight excluding hydrogens is 524 g/mol. The Morgan fingerprint density at radius 1 is 1.10 bits per heavy atom. The van der Waals surface area contributed by atoms with Crippen molar-refractivity contribution in [1.29, 1.82) is 0 Å². The van der Waals surface area contributed by atoms with Crippen LogP contribution in [0.3, 0.4) is 0 Å². The molecular formula is C27H21F2N7O4. The second kappa shape index (κ2) is 9.22. The molecule has 202 valence electrons. The summed E-state index contributed by atoms with van der Waals surface area (Å²) >= 11 is 0. The van der Waals surface area contributed by atoms with E-state index in [9.17, 15) is 9.18 Å². The molecule has 40 heavy (non-hydrogen) atoms. The average Bonchev–Trinajstić information content (AvgIpc) is 3.65. The molecule has 3 N–H and O–H groups in total. The van der Waals surface area contributed by atoms with E-state index in [1.54, 1.807) is 24.0 Å². The number of carbonyl (C=O) groups excluding carboxylic acids is 1. The number of hydrogen-bond acceptors (Lipinski definition) is 8. The molecule has 1 fully saturated rings. The van der Waals surface area contributed by atoms with Crippen molar-refractivity contribution in [2.75, 3.05) is 25.2 Å². The normalized spacial score (nSPS) is 13.9. The molecule has 1 saturated heterocycles. The zero-order chi connectivity index (χ0) is 27.4. The lowest BCUT2D eigenvalue weighted by molar-refractivity contribution is 0.0649. The number of hydrogen-bond donors (Lipinski definition) is 3. The van der Waals surface area contributed by atoms with E-state index in [1.165, 1.54) is 12.4 Å². The SMILES string of the molecule is Cc1cc2c(F)c(Oc3ncnc(Nc4cc(-c5ccc6c(c5)OCO6)[nH]n4)c3C(=O)N3CCC3)cc(F)c2[nH]1. The highest BCUT2D eigenvalue weighted by Gasteiger charge is 2.30. The van der Waals surface area contributed by atoms with Crippen molar-refractivity contribution in [1.82, 2.24) is 30.0 Å². The third kappa shape index (κ3) is 4.02. The fourth-order valence-electron chi connectivity index (χ4n) is 4.64. The predicted octanol–water partition coefficient (Wildman–Crippen LogP) is 5.05. The molecule has 5 heterocycles. The Kier molecular flexibility index (Phi) is 5.51. The van der Waals surface area contributed by atoms with E-state index in [2.05, 4.69) is 30.5 Å². The average molecular weight is 546 g/mol. The minimum Gasteiger partial charge on any atom is -0.454 e. The molecule has 0 saturated carbocycles. The summed E-state index contributed by atoms with van der Waals surface area (Å²) in [5, 5.41) is 10.3. The van der Waals surface area contributed by atoms with Crippen molar-refractivity contribution in [2.45, 2.75) is 13.3 Å². The van der Waals surface area contributed by atoms with Crippen LogP contribution >= 0.6 is 0 Å². The number of aryl methyl sites for hydroxylation is 1. The van der Waals surface area contributed by atoms with Gasteiger partial charge in [-0.1, -0.05) is 0 Å². The van der Waals surface area contributed by atoms with Crippen LogP contribution in [0.4, 0.5) is 20.4 Å². The summed E-state index contributed by atoms with van der Waals surface area (Å²) in [4.78, 5) is 26.2. The molecule has 2 aromatic carbocycles. The maximum Gasteiger partial charge on any atom is 0.263 e. The number of ether oxygens (including phenoxy) is 3. The van der Waals surface area contributed by atoms with Gasteiger partial charge >= 0.3 is 0 Å². The second-order valence-electron chi connectivity index (χ2n) is 9.42. The van der Waals surface area contributed by atoms with E-state index < -0.39 is 23.3 Å². The molecule has 2 aliphatic rings. The van der Waals surface area contributed by atoms with Crippen LogP contribution in [0.15, 0.2) is 42.7 Å². The fraction of sp³-hybridized carbons (Fsp3) is 0.185. The fourth-order valence-corrected chi connectivity index (χ4v) is 4.64. The predicted molar refractivity (Wildman–Crippen MR) is 139 cm³/mol. The van der Waals surface area contributed by atoms with Crippen molar-refractivity contribution in [3.8, 4) is 34.4 Å². The number of H-pyrrole nitrogens is 2. The first-order valence-corrected chi connectivity index (χ1v) is 12.5. The van der Waals surface area contributed by atoms with Gasteiger partial charge in [-0.3, -0.25) is 9.89 Å². The molecule has 0 spiro atoms. The second-order valence-corrected chi connectivity index (χ2v) is 9.42. The van der Waals surface area contributed by atoms with Gasteiger partial charge in [0.15, 0.2) is 40.5 Å². The number of anilines is 2. The van der Waals surface area contributed by atoms with Crippen LogP contribution in [-0.2, 0) is 0 Å². The number of aromatic nitrogens is 5. The van der Waals surface area contributed by atoms with Gasteiger partial charge in [-0.05, 0) is 37.6 Å². The number of nitrogens with one attached hydrogen (secondary N) is 3. The van der Waals surface area contributed by atoms with Crippen molar-refractivity contribution in [2.24, 2.45) is 0 Å². The highest BCUT2D eigenvalue weighted by molar-refractivity contribution is 6.02. The summed E-state index contributed by atoms with van der Waals surface area (Å²) in [6.45, 7) is 2.94. The lowest BCUT2D eigenvalue weighted by Crippen LogP contribution is -2.42. The lowest BCUT2D eigenvalue weighted by Gasteiger charge is -2.31. The van der Waals surface area contributed by atoms with Crippen molar-refractivity contribution >= 4 is 28.4 Å². The molecule has 0 bridgehead atoms. The number of benzene rings is 2. The van der Waals surface area contributed by atoms with Crippen LogP contribution < -0.4 is 19.5 Å². The van der Waals surface area contributed by atoms with Crippen LogP contribution in [0, 0.1) is 18.6 Å². The zero-order valence-electron chi connectivity index (χ0n) is 21.0. The van der Waals surface area contributed by atoms with E-state index in [0.717, 1.165) is 18.1 Å². The van der Waals surface area contributed by atoms with Crippen LogP contribution in [0.1, 0.15) is 22.5 Å². The number of fused-ring (bicyclic) bond motifs is 2. The minimum absolute atomic E-state index is 0.0278. The van der Waals surface area contributed by atoms with Gasteiger partial charge < -0.3 is 29.4 Å². The van der Waals surface area contributed by atoms with Gasteiger partial charge in [-0.15, -0.1) is 0 Å². The molecule has 0 atom stereocenters. The molecule has 0 radical (unpaired) electrons. The Morgan fingerprint density at radius 3 is 2.77 bits per heavy atom. The summed E-state index contributed by atoms with van der Waals surface area (Å²) in [7, 11) is 0. The molecule has 7 rings (SSSR count). The monoisotopic (exact) mass is 545 g/mol. The van der Waals surface area contributed by atoms with E-state index in [1.807, 2.05) is 12.1 Å². The number of halogens is 2. The Balaban J connectivity index is 1.24. The summed E-state index contributed by atoms with van der Waals surface area (Å²) < 4.78 is 46.6. The molecule has 11 nitrogen and oxygen atoms in total. The Labute approximate surface area is 225 Å². The number of nitrogens with zero attached hydrogens (tertiary/aromatic N) is 4. The highest BCUT2D eigenvalue weighted by Crippen LogP contribution is 2.37. The number of likely N-dealkylation sites (tertiary alicyclic amines) is 1. The summed E-state index contributed by atoms with van der Waals surface area (Å²) in [6.07, 6.45) is 2.02. The van der Waals surface area contributed by atoms with E-state index >= 15 is 4.39 Å². The third-order valence-electron chi connectivity index (χ3n) is 6.79. The number of carbonyl (C=O) groups is 1. The van der Waals surface area contributed by atoms with Crippen LogP contribution in [0.25, 0.3) is 22.2 Å². The van der Waals surface area contributed by atoms with E-state index in [-0.39, 0.29) is 35.0 Å². The third-order valence-corrected chi connectivity index (χ3v) is 6.79. The van der Waals surface area contributed by atoms with Crippen LogP contribution in [-0.4, -0.2) is 55.8 Å². The quantitative estimate of drug-likeness (QED) is 0.270. The van der Waals surface area contributed by atoms with Gasteiger partial charge in [0, 0.05) is 41.9 Å². The van der Waals surface area contributed by atoms with Crippen molar-refractivity contribution < 1.29 is 27.8 Å². The maximum atomic E-state index is 15.3. The molecule has 1 amide bonds. The molecule has 5 aromatic rings. The van der Waals surface area contributed by atoms with Gasteiger partial charge in [0.2, 0.25) is 12.7 Å². The minimum atomic E-state index is -0.781. The molecule has 0 unspecified atom stereocenters. The first kappa shape index (κ1) is 23.9. The lowest BCUT2D eigenvalue weighted by atomic mass is 10.1. The van der Waals surface area contributed by atoms with E-state index in [0.29, 0.717) is 41.8 Å². The summed E-state index contributed by atoms with van der Waals surface area (Å²) in [5.74, 6) is -0.768. The Morgan fingerprint density at radius 2 is 1.95 bits per heavy atom. The number of amides is 1. The summed E-state index contributed by atoms with van der Waals surface area (Å²) in [5.41, 5.74) is 2.07. The Hall–Kier alpha value is -5.20. The van der Waals surface area contributed by atoms with Crippen molar-refractivity contribution in [3.63, 3.8) is 0 Å². The van der Waals surface area contributed by atoms with E-state index in [4.69, 9.17) is 14.2 Å². The van der Waals surface area contributed by atoms with Gasteiger partial charge in [0.1, 0.15) is 11.9 Å². The summed E-state index contributed by atoms with van der Waals surface area (Å²) in [6, 6.07) is 9.62. The smallest absolute Gasteiger partial charge is 0.263 e. The highest BCUT2D eigenvalue weighted by atomic mass is 19.1. The largest absolute Gasteiger partial charge is 0.454 e. The van der Waals surface area contributed by atoms with Gasteiger partial charge in [0.25, 0.3) is 5.91 Å². The first-order valence-electron chi connectivity index (χ1n) is 12.5.